The molecule has 0 amide bonds. The summed E-state index contributed by atoms with van der Waals surface area (Å²) in [6, 6.07) is -0.764. The molecule has 0 spiro atoms. The van der Waals surface area contributed by atoms with Crippen molar-refractivity contribution in [3.8, 4) is 0 Å². The lowest BCUT2D eigenvalue weighted by molar-refractivity contribution is -0.118. The van der Waals surface area contributed by atoms with Crippen LogP contribution in [0.3, 0.4) is 0 Å². The molecule has 0 rings (SSSR count). The van der Waals surface area contributed by atoms with Gasteiger partial charge < -0.3 is 5.73 Å². The van der Waals surface area contributed by atoms with Gasteiger partial charge in [0.05, 0.1) is 6.04 Å². The minimum absolute atomic E-state index is 0.0690. The Morgan fingerprint density at radius 3 is 2.42 bits per heavy atom. The maximum absolute atomic E-state index is 11.5. The Morgan fingerprint density at radius 1 is 1.58 bits per heavy atom. The summed E-state index contributed by atoms with van der Waals surface area (Å²) in [5.74, 6) is -0.442. The van der Waals surface area contributed by atoms with Crippen LogP contribution in [0.4, 0.5) is 13.2 Å². The Labute approximate surface area is 72.7 Å². The number of thioether (sulfide) groups is 1. The Hall–Kier alpha value is -0.230. The van der Waals surface area contributed by atoms with Crippen LogP contribution in [0.5, 0.6) is 0 Å². The lowest BCUT2D eigenvalue weighted by Crippen LogP contribution is -2.29. The number of nitrogens with two attached hydrogens (primary N) is 1. The molecule has 0 fully saturated rings. The summed E-state index contributed by atoms with van der Waals surface area (Å²) in [6.07, 6.45) is 0.0690. The summed E-state index contributed by atoms with van der Waals surface area (Å²) in [6.45, 7) is 1.27. The van der Waals surface area contributed by atoms with Gasteiger partial charge in [-0.15, -0.1) is 0 Å². The third kappa shape index (κ3) is 6.48. The van der Waals surface area contributed by atoms with Crippen molar-refractivity contribution in [1.82, 2.24) is 0 Å². The fourth-order valence-corrected chi connectivity index (χ4v) is 1.11. The average molecular weight is 201 g/mol. The monoisotopic (exact) mass is 201 g/mol. The second-order valence-corrected chi connectivity index (χ2v) is 3.46. The first-order valence-corrected chi connectivity index (χ1v) is 4.28. The van der Waals surface area contributed by atoms with Gasteiger partial charge in [-0.25, -0.2) is 0 Å². The number of ketones is 1. The van der Waals surface area contributed by atoms with E-state index < -0.39 is 11.6 Å². The van der Waals surface area contributed by atoms with Gasteiger partial charge in [0.15, 0.2) is 0 Å². The number of carbonyl (C=O) groups is 1. The summed E-state index contributed by atoms with van der Waals surface area (Å²) in [5, 5.41) is 0. The molecule has 0 aromatic carbocycles. The highest BCUT2D eigenvalue weighted by atomic mass is 32.2. The lowest BCUT2D eigenvalue weighted by Gasteiger charge is -2.08. The van der Waals surface area contributed by atoms with E-state index in [-0.39, 0.29) is 29.7 Å². The van der Waals surface area contributed by atoms with Crippen molar-refractivity contribution in [3.05, 3.63) is 0 Å². The summed E-state index contributed by atoms with van der Waals surface area (Å²) in [5.41, 5.74) is 0.990. The van der Waals surface area contributed by atoms with Crippen LogP contribution in [-0.4, -0.2) is 23.1 Å². The van der Waals surface area contributed by atoms with E-state index in [0.717, 1.165) is 0 Å². The molecule has 0 bridgehead atoms. The van der Waals surface area contributed by atoms with Crippen LogP contribution >= 0.6 is 11.8 Å². The van der Waals surface area contributed by atoms with Crippen LogP contribution in [0, 0.1) is 0 Å². The van der Waals surface area contributed by atoms with E-state index in [4.69, 9.17) is 5.73 Å². The summed E-state index contributed by atoms with van der Waals surface area (Å²) in [4.78, 5) is 10.5. The normalized spacial score (nSPS) is 14.4. The first kappa shape index (κ1) is 11.8. The molecular weight excluding hydrogens is 191 g/mol. The number of alkyl halides is 3. The minimum atomic E-state index is -4.23. The van der Waals surface area contributed by atoms with Gasteiger partial charge in [0, 0.05) is 5.75 Å². The molecule has 0 saturated carbocycles. The Bertz CT molecular complexity index is 159. The fourth-order valence-electron chi connectivity index (χ4n) is 0.505. The molecule has 72 valence electrons. The second kappa shape index (κ2) is 4.71. The molecule has 2 nitrogen and oxygen atoms in total. The number of hydrogen-bond donors (Lipinski definition) is 1. The van der Waals surface area contributed by atoms with Crippen molar-refractivity contribution in [1.29, 1.82) is 0 Å². The van der Waals surface area contributed by atoms with Gasteiger partial charge in [-0.05, 0) is 13.3 Å². The molecule has 0 aromatic rings. The van der Waals surface area contributed by atoms with E-state index in [9.17, 15) is 18.0 Å². The average Bonchev–Trinajstić information content (AvgIpc) is 1.84. The summed E-state index contributed by atoms with van der Waals surface area (Å²) >= 11 is -0.153. The van der Waals surface area contributed by atoms with E-state index in [0.29, 0.717) is 0 Å². The lowest BCUT2D eigenvalue weighted by atomic mass is 10.2. The van der Waals surface area contributed by atoms with E-state index >= 15 is 0 Å². The molecule has 0 aliphatic heterocycles. The molecule has 0 aliphatic rings. The largest absolute Gasteiger partial charge is 0.441 e. The molecule has 0 aromatic heterocycles. The van der Waals surface area contributed by atoms with Gasteiger partial charge >= 0.3 is 5.51 Å². The molecule has 0 radical (unpaired) electrons. The molecule has 0 saturated heterocycles. The first-order chi connectivity index (χ1) is 5.33. The molecule has 12 heavy (non-hydrogen) atoms. The zero-order chi connectivity index (χ0) is 9.78. The smallest absolute Gasteiger partial charge is 0.321 e. The van der Waals surface area contributed by atoms with Crippen LogP contribution in [0.25, 0.3) is 0 Å². The van der Waals surface area contributed by atoms with Crippen molar-refractivity contribution < 1.29 is 18.0 Å². The number of Topliss-reactive ketones (excluding diaryl/α,β-unsaturated/α-hetero) is 1. The minimum Gasteiger partial charge on any atom is -0.321 e. The summed E-state index contributed by atoms with van der Waals surface area (Å²) in [7, 11) is 0. The molecule has 2 N–H and O–H groups in total. The number of hydrogen-bond acceptors (Lipinski definition) is 3. The van der Waals surface area contributed by atoms with E-state index in [1.54, 1.807) is 0 Å². The SMILES string of the molecule is CC(=O)[C@@H](N)CCSC(F)(F)F. The van der Waals surface area contributed by atoms with Crippen molar-refractivity contribution in [2.75, 3.05) is 5.75 Å². The topological polar surface area (TPSA) is 43.1 Å². The third-order valence-electron chi connectivity index (χ3n) is 1.22. The molecule has 0 unspecified atom stereocenters. The second-order valence-electron chi connectivity index (χ2n) is 2.30. The molecule has 6 heteroatoms. The Balaban J connectivity index is 3.51. The van der Waals surface area contributed by atoms with Crippen molar-refractivity contribution in [3.63, 3.8) is 0 Å². The van der Waals surface area contributed by atoms with E-state index in [2.05, 4.69) is 0 Å². The number of rotatable bonds is 4. The highest BCUT2D eigenvalue weighted by Crippen LogP contribution is 2.30. The number of carbonyl (C=O) groups excluding carboxylic acids is 1. The first-order valence-electron chi connectivity index (χ1n) is 3.29. The van der Waals surface area contributed by atoms with Crippen LogP contribution in [0.2, 0.25) is 0 Å². The van der Waals surface area contributed by atoms with Gasteiger partial charge in [0.1, 0.15) is 5.78 Å². The van der Waals surface area contributed by atoms with Crippen LogP contribution in [0.1, 0.15) is 13.3 Å². The quantitative estimate of drug-likeness (QED) is 0.750. The zero-order valence-corrected chi connectivity index (χ0v) is 7.34. The maximum Gasteiger partial charge on any atom is 0.441 e. The molecule has 0 aliphatic carbocycles. The van der Waals surface area contributed by atoms with Crippen molar-refractivity contribution in [2.45, 2.75) is 24.9 Å². The molecule has 0 heterocycles. The number of halogens is 3. The van der Waals surface area contributed by atoms with Crippen LogP contribution in [-0.2, 0) is 4.79 Å². The Kier molecular flexibility index (Phi) is 4.62. The maximum atomic E-state index is 11.5. The highest BCUT2D eigenvalue weighted by molar-refractivity contribution is 8.00. The fraction of sp³-hybridized carbons (Fsp3) is 0.833. The highest BCUT2D eigenvalue weighted by Gasteiger charge is 2.27. The van der Waals surface area contributed by atoms with Crippen LogP contribution in [0.15, 0.2) is 0 Å². The molecule has 1 atom stereocenters. The van der Waals surface area contributed by atoms with Gasteiger partial charge in [0.25, 0.3) is 0 Å². The Morgan fingerprint density at radius 2 is 2.08 bits per heavy atom. The van der Waals surface area contributed by atoms with E-state index in [1.807, 2.05) is 0 Å². The van der Waals surface area contributed by atoms with Crippen molar-refractivity contribution in [2.24, 2.45) is 5.73 Å². The predicted molar refractivity (Wildman–Crippen MR) is 41.8 cm³/mol. The van der Waals surface area contributed by atoms with Crippen LogP contribution < -0.4 is 5.73 Å². The van der Waals surface area contributed by atoms with Crippen molar-refractivity contribution >= 4 is 17.5 Å². The van der Waals surface area contributed by atoms with Gasteiger partial charge in [-0.3, -0.25) is 4.79 Å². The summed E-state index contributed by atoms with van der Waals surface area (Å²) < 4.78 is 34.6. The zero-order valence-electron chi connectivity index (χ0n) is 6.52. The third-order valence-corrected chi connectivity index (χ3v) is 1.98. The van der Waals surface area contributed by atoms with E-state index in [1.165, 1.54) is 6.92 Å². The predicted octanol–water partition coefficient (Wildman–Crippen LogP) is 1.55. The van der Waals surface area contributed by atoms with Gasteiger partial charge in [-0.1, -0.05) is 11.8 Å². The van der Waals surface area contributed by atoms with Gasteiger partial charge in [-0.2, -0.15) is 13.2 Å². The molecular formula is C6H10F3NOS. The standard InChI is InChI=1S/C6H10F3NOS/c1-4(11)5(10)2-3-12-6(7,8)9/h5H,2-3,10H2,1H3/t5-/m0/s1. The van der Waals surface area contributed by atoms with Gasteiger partial charge in [0.2, 0.25) is 0 Å².